The summed E-state index contributed by atoms with van der Waals surface area (Å²) in [5.74, 6) is -2.10. The number of nitrogens with one attached hydrogen (secondary N) is 1. The van der Waals surface area contributed by atoms with E-state index in [1.165, 1.54) is 37.2 Å². The molecule has 7 nitrogen and oxygen atoms in total. The number of benzene rings is 1. The highest BCUT2D eigenvalue weighted by Crippen LogP contribution is 2.35. The number of hydrogen-bond donors (Lipinski definition) is 1. The molecule has 0 radical (unpaired) electrons. The third-order valence-corrected chi connectivity index (χ3v) is 6.10. The number of anilines is 2. The van der Waals surface area contributed by atoms with E-state index in [1.54, 1.807) is 0 Å². The fourth-order valence-corrected chi connectivity index (χ4v) is 4.10. The second-order valence-corrected chi connectivity index (χ2v) is 9.47. The Morgan fingerprint density at radius 1 is 1.19 bits per heavy atom. The van der Waals surface area contributed by atoms with Gasteiger partial charge in [-0.25, -0.2) is 9.37 Å². The van der Waals surface area contributed by atoms with Crippen molar-refractivity contribution in [2.45, 2.75) is 46.2 Å². The topological polar surface area (TPSA) is 89.3 Å². The lowest BCUT2D eigenvalue weighted by Crippen LogP contribution is -2.46. The molecule has 0 unspecified atom stereocenters. The molecule has 0 aliphatic rings. The summed E-state index contributed by atoms with van der Waals surface area (Å²) < 4.78 is 55.5. The van der Waals surface area contributed by atoms with Crippen LogP contribution in [0.1, 0.15) is 61.6 Å². The second kappa shape index (κ2) is 11.6. The Kier molecular flexibility index (Phi) is 9.33. The Hall–Kier alpha value is -3.59. The van der Waals surface area contributed by atoms with Gasteiger partial charge in [-0.1, -0.05) is 27.2 Å². The minimum atomic E-state index is -4.91. The van der Waals surface area contributed by atoms with E-state index in [2.05, 4.69) is 10.3 Å². The summed E-state index contributed by atoms with van der Waals surface area (Å²) in [6.45, 7) is 5.65. The van der Waals surface area contributed by atoms with Gasteiger partial charge >= 0.3 is 6.18 Å². The van der Waals surface area contributed by atoms with Crippen molar-refractivity contribution in [3.63, 3.8) is 0 Å². The molecule has 0 bridgehead atoms. The van der Waals surface area contributed by atoms with Crippen LogP contribution in [0.5, 0.6) is 0 Å². The highest BCUT2D eigenvalue weighted by molar-refractivity contribution is 7.81. The van der Waals surface area contributed by atoms with E-state index in [4.69, 9.17) is 17.5 Å². The number of alkyl halides is 3. The molecular weight excluding hydrogens is 510 g/mol. The van der Waals surface area contributed by atoms with Crippen molar-refractivity contribution >= 4 is 40.5 Å². The Balaban J connectivity index is 2.60. The Morgan fingerprint density at radius 2 is 1.84 bits per heavy atom. The van der Waals surface area contributed by atoms with E-state index in [1.807, 2.05) is 20.8 Å². The molecule has 0 saturated heterocycles. The predicted molar refractivity (Wildman–Crippen MR) is 136 cm³/mol. The van der Waals surface area contributed by atoms with E-state index in [0.29, 0.717) is 12.5 Å². The lowest BCUT2D eigenvalue weighted by atomic mass is 9.84. The van der Waals surface area contributed by atoms with Crippen molar-refractivity contribution in [3.05, 3.63) is 53.1 Å². The number of thiocarbonyl (C=S) groups is 1. The van der Waals surface area contributed by atoms with Gasteiger partial charge in [0, 0.05) is 26.2 Å². The average molecular weight is 538 g/mol. The molecule has 0 atom stereocenters. The van der Waals surface area contributed by atoms with Crippen LogP contribution in [-0.2, 0) is 11.0 Å². The lowest BCUT2D eigenvalue weighted by Gasteiger charge is -2.33. The minimum absolute atomic E-state index is 0.0554. The van der Waals surface area contributed by atoms with Gasteiger partial charge in [-0.15, -0.1) is 0 Å². The summed E-state index contributed by atoms with van der Waals surface area (Å²) in [4.78, 5) is 31.1. The SMILES string of the molecule is CCCC(C)(C)CC(=O)N(C(=S)N(C)c1ccc(C(=O)NC)c(F)c1)c1cnc(C#N)c(C(F)(F)F)c1. The fourth-order valence-electron chi connectivity index (χ4n) is 3.79. The fraction of sp³-hybridized carbons (Fsp3) is 0.400. The molecule has 0 spiro atoms. The van der Waals surface area contributed by atoms with Gasteiger partial charge in [0.1, 0.15) is 11.9 Å². The number of rotatable bonds is 7. The van der Waals surface area contributed by atoms with Gasteiger partial charge in [-0.3, -0.25) is 14.5 Å². The molecule has 37 heavy (non-hydrogen) atoms. The van der Waals surface area contributed by atoms with Crippen LogP contribution in [0, 0.1) is 22.6 Å². The van der Waals surface area contributed by atoms with E-state index >= 15 is 0 Å². The molecule has 0 fully saturated rings. The first kappa shape index (κ1) is 29.6. The van der Waals surface area contributed by atoms with Gasteiger partial charge in [0.05, 0.1) is 23.0 Å². The van der Waals surface area contributed by atoms with Crippen molar-refractivity contribution in [3.8, 4) is 6.07 Å². The van der Waals surface area contributed by atoms with Crippen molar-refractivity contribution in [2.24, 2.45) is 5.41 Å². The summed E-state index contributed by atoms with van der Waals surface area (Å²) >= 11 is 5.50. The smallest absolute Gasteiger partial charge is 0.355 e. The quantitative estimate of drug-likeness (QED) is 0.374. The first-order chi connectivity index (χ1) is 17.2. The molecule has 2 amide bonds. The predicted octanol–water partition coefficient (Wildman–Crippen LogP) is 5.44. The van der Waals surface area contributed by atoms with Gasteiger partial charge in [0.2, 0.25) is 5.91 Å². The van der Waals surface area contributed by atoms with E-state index in [0.717, 1.165) is 23.6 Å². The van der Waals surface area contributed by atoms with Crippen molar-refractivity contribution in [1.29, 1.82) is 5.26 Å². The van der Waals surface area contributed by atoms with E-state index in [9.17, 15) is 27.2 Å². The second-order valence-electron chi connectivity index (χ2n) is 9.10. The maximum absolute atomic E-state index is 14.6. The standard InChI is InChI=1S/C25H27F4N5O2S/c1-6-9-24(2,3)12-21(35)34(16-10-18(25(27,28)29)20(13-30)32-14-16)23(37)33(5)15-7-8-17(19(26)11-15)22(36)31-4/h7-8,10-11,14H,6,9,12H2,1-5H3,(H,31,36). The zero-order valence-corrected chi connectivity index (χ0v) is 21.9. The number of hydrogen-bond acceptors (Lipinski definition) is 5. The maximum Gasteiger partial charge on any atom is 0.419 e. The summed E-state index contributed by atoms with van der Waals surface area (Å²) in [5, 5.41) is 11.2. The molecule has 0 saturated carbocycles. The maximum atomic E-state index is 14.6. The van der Waals surface area contributed by atoms with Gasteiger partial charge < -0.3 is 10.2 Å². The number of carbonyl (C=O) groups excluding carboxylic acids is 2. The average Bonchev–Trinajstić information content (AvgIpc) is 2.81. The summed E-state index contributed by atoms with van der Waals surface area (Å²) in [5.41, 5.74) is -3.01. The van der Waals surface area contributed by atoms with Crippen molar-refractivity contribution < 1.29 is 27.2 Å². The summed E-state index contributed by atoms with van der Waals surface area (Å²) in [7, 11) is 2.76. The Labute approximate surface area is 218 Å². The number of nitrogens with zero attached hydrogens (tertiary/aromatic N) is 4. The highest BCUT2D eigenvalue weighted by Gasteiger charge is 2.37. The van der Waals surface area contributed by atoms with Gasteiger partial charge in [0.15, 0.2) is 10.8 Å². The third-order valence-electron chi connectivity index (χ3n) is 5.64. The van der Waals surface area contributed by atoms with E-state index in [-0.39, 0.29) is 28.5 Å². The molecule has 12 heteroatoms. The zero-order chi connectivity index (χ0) is 28.1. The molecule has 0 aliphatic heterocycles. The molecule has 1 aromatic carbocycles. The number of carbonyl (C=O) groups is 2. The minimum Gasteiger partial charge on any atom is -0.355 e. The monoisotopic (exact) mass is 537 g/mol. The van der Waals surface area contributed by atoms with Gasteiger partial charge in [-0.05, 0) is 48.3 Å². The molecule has 1 aromatic heterocycles. The van der Waals surface area contributed by atoms with Crippen LogP contribution >= 0.6 is 12.2 Å². The molecule has 2 rings (SSSR count). The molecular formula is C25H27F4N5O2S. The van der Waals surface area contributed by atoms with Crippen molar-refractivity contribution in [2.75, 3.05) is 23.9 Å². The number of halogens is 4. The largest absolute Gasteiger partial charge is 0.419 e. The normalized spacial score (nSPS) is 11.5. The molecule has 0 aliphatic carbocycles. The number of pyridine rings is 1. The lowest BCUT2D eigenvalue weighted by molar-refractivity contribution is -0.138. The Bertz CT molecular complexity index is 1240. The Morgan fingerprint density at radius 3 is 2.35 bits per heavy atom. The van der Waals surface area contributed by atoms with Crippen LogP contribution in [0.25, 0.3) is 0 Å². The van der Waals surface area contributed by atoms with Crippen LogP contribution in [-0.4, -0.2) is 36.0 Å². The molecule has 2 aromatic rings. The summed E-state index contributed by atoms with van der Waals surface area (Å²) in [6, 6.07) is 5.69. The first-order valence-corrected chi connectivity index (χ1v) is 11.7. The zero-order valence-electron chi connectivity index (χ0n) is 21.0. The first-order valence-electron chi connectivity index (χ1n) is 11.3. The highest BCUT2D eigenvalue weighted by atomic mass is 32.1. The van der Waals surface area contributed by atoms with Crippen LogP contribution in [0.4, 0.5) is 28.9 Å². The van der Waals surface area contributed by atoms with Crippen molar-refractivity contribution in [1.82, 2.24) is 10.3 Å². The number of amides is 2. The van der Waals surface area contributed by atoms with Gasteiger partial charge in [0.25, 0.3) is 5.91 Å². The van der Waals surface area contributed by atoms with Gasteiger partial charge in [-0.2, -0.15) is 18.4 Å². The van der Waals surface area contributed by atoms with Crippen LogP contribution < -0.4 is 15.1 Å². The summed E-state index contributed by atoms with van der Waals surface area (Å²) in [6.07, 6.45) is -2.55. The number of aromatic nitrogens is 1. The third kappa shape index (κ3) is 7.01. The van der Waals surface area contributed by atoms with Crippen LogP contribution in [0.3, 0.4) is 0 Å². The van der Waals surface area contributed by atoms with Crippen LogP contribution in [0.15, 0.2) is 30.5 Å². The molecule has 198 valence electrons. The van der Waals surface area contributed by atoms with E-state index < -0.39 is 40.5 Å². The number of nitriles is 1. The molecule has 1 heterocycles. The van der Waals surface area contributed by atoms with Crippen LogP contribution in [0.2, 0.25) is 0 Å². The molecule has 1 N–H and O–H groups in total.